The van der Waals surface area contributed by atoms with E-state index in [1.807, 2.05) is 48.5 Å². The molecule has 1 aliphatic rings. The van der Waals surface area contributed by atoms with Crippen LogP contribution in [0.2, 0.25) is 15.1 Å². The molecule has 2 aromatic heterocycles. The molecule has 1 aliphatic heterocycles. The number of hydrogen-bond acceptors (Lipinski definition) is 4. The van der Waals surface area contributed by atoms with Gasteiger partial charge in [0.1, 0.15) is 13.7 Å². The molecule has 34 heavy (non-hydrogen) atoms. The van der Waals surface area contributed by atoms with Crippen LogP contribution in [0, 0.1) is 5.92 Å². The first-order valence-corrected chi connectivity index (χ1v) is 12.4. The van der Waals surface area contributed by atoms with Crippen molar-refractivity contribution in [2.45, 2.75) is 19.4 Å². The van der Waals surface area contributed by atoms with Crippen LogP contribution in [0.3, 0.4) is 0 Å². The predicted octanol–water partition coefficient (Wildman–Crippen LogP) is 5.47. The number of halogens is 3. The van der Waals surface area contributed by atoms with Gasteiger partial charge < -0.3 is 5.32 Å². The van der Waals surface area contributed by atoms with E-state index in [-0.39, 0.29) is 0 Å². The minimum Gasteiger partial charge on any atom is -0.370 e. The lowest BCUT2D eigenvalue weighted by atomic mass is 9.96. The number of nitrogens with one attached hydrogen (secondary N) is 1. The van der Waals surface area contributed by atoms with Gasteiger partial charge in [-0.3, -0.25) is 4.90 Å². The Morgan fingerprint density at radius 1 is 1.00 bits per heavy atom. The SMILES string of the molecule is [B]c1cnn2c(NCC3CCN(Cc4cc(Cl)ccc4Cl)CC3)cc(-c3ccccc3Cl)nc12. The molecule has 4 aromatic rings. The molecule has 2 aromatic carbocycles. The molecule has 0 aliphatic carbocycles. The van der Waals surface area contributed by atoms with Crippen LogP contribution >= 0.6 is 34.8 Å². The maximum Gasteiger partial charge on any atom is 0.150 e. The van der Waals surface area contributed by atoms with Crippen molar-refractivity contribution in [3.8, 4) is 11.3 Å². The third-order valence-electron chi connectivity index (χ3n) is 6.33. The van der Waals surface area contributed by atoms with E-state index in [2.05, 4.69) is 15.3 Å². The van der Waals surface area contributed by atoms with Gasteiger partial charge in [0.05, 0.1) is 5.69 Å². The van der Waals surface area contributed by atoms with E-state index in [9.17, 15) is 0 Å². The highest BCUT2D eigenvalue weighted by atomic mass is 35.5. The highest BCUT2D eigenvalue weighted by molar-refractivity contribution is 6.36. The Balaban J connectivity index is 1.27. The normalized spacial score (nSPS) is 15.1. The second-order valence-corrected chi connectivity index (χ2v) is 9.93. The Labute approximate surface area is 215 Å². The van der Waals surface area contributed by atoms with Gasteiger partial charge in [-0.25, -0.2) is 4.98 Å². The van der Waals surface area contributed by atoms with Gasteiger partial charge >= 0.3 is 0 Å². The largest absolute Gasteiger partial charge is 0.370 e. The van der Waals surface area contributed by atoms with Crippen molar-refractivity contribution in [1.29, 1.82) is 0 Å². The second-order valence-electron chi connectivity index (χ2n) is 8.68. The first-order valence-electron chi connectivity index (χ1n) is 11.3. The van der Waals surface area contributed by atoms with E-state index in [4.69, 9.17) is 47.6 Å². The Hall–Kier alpha value is -2.25. The van der Waals surface area contributed by atoms with Gasteiger partial charge in [0.2, 0.25) is 0 Å². The first kappa shape index (κ1) is 23.5. The Bertz CT molecular complexity index is 1320. The van der Waals surface area contributed by atoms with Gasteiger partial charge in [-0.2, -0.15) is 9.61 Å². The predicted molar refractivity (Wildman–Crippen MR) is 142 cm³/mol. The molecule has 1 saturated heterocycles. The molecular weight excluding hydrogens is 487 g/mol. The minimum atomic E-state index is 0.532. The van der Waals surface area contributed by atoms with Gasteiger partial charge in [0.15, 0.2) is 5.65 Å². The van der Waals surface area contributed by atoms with Crippen molar-refractivity contribution in [2.24, 2.45) is 5.92 Å². The molecule has 1 N–H and O–H groups in total. The van der Waals surface area contributed by atoms with Crippen molar-refractivity contribution < 1.29 is 0 Å². The Kier molecular flexibility index (Phi) is 7.02. The van der Waals surface area contributed by atoms with Crippen molar-refractivity contribution in [1.82, 2.24) is 19.5 Å². The maximum atomic E-state index is 6.43. The number of aromatic nitrogens is 3. The fourth-order valence-corrected chi connectivity index (χ4v) is 5.02. The Morgan fingerprint density at radius 2 is 1.79 bits per heavy atom. The van der Waals surface area contributed by atoms with Crippen LogP contribution in [0.25, 0.3) is 16.9 Å². The number of hydrogen-bond donors (Lipinski definition) is 1. The van der Waals surface area contributed by atoms with E-state index >= 15 is 0 Å². The van der Waals surface area contributed by atoms with Gasteiger partial charge in [0, 0.05) is 46.0 Å². The van der Waals surface area contributed by atoms with Gasteiger partial charge in [-0.15, -0.1) is 0 Å². The van der Waals surface area contributed by atoms with Crippen LogP contribution in [0.4, 0.5) is 5.82 Å². The summed E-state index contributed by atoms with van der Waals surface area (Å²) in [4.78, 5) is 7.14. The summed E-state index contributed by atoms with van der Waals surface area (Å²) in [5.74, 6) is 1.40. The molecule has 3 heterocycles. The quantitative estimate of drug-likeness (QED) is 0.349. The molecule has 0 unspecified atom stereocenters. The molecule has 1 fully saturated rings. The van der Waals surface area contributed by atoms with Gasteiger partial charge in [-0.05, 0) is 67.1 Å². The summed E-state index contributed by atoms with van der Waals surface area (Å²) in [5.41, 5.74) is 3.86. The number of anilines is 1. The molecule has 5 rings (SSSR count). The maximum absolute atomic E-state index is 6.43. The summed E-state index contributed by atoms with van der Waals surface area (Å²) in [6.07, 6.45) is 3.82. The lowest BCUT2D eigenvalue weighted by molar-refractivity contribution is 0.182. The zero-order valence-corrected chi connectivity index (χ0v) is 20.8. The summed E-state index contributed by atoms with van der Waals surface area (Å²) >= 11 is 18.9. The van der Waals surface area contributed by atoms with Crippen molar-refractivity contribution in [3.63, 3.8) is 0 Å². The zero-order valence-electron chi connectivity index (χ0n) is 18.5. The van der Waals surface area contributed by atoms with Gasteiger partial charge in [-0.1, -0.05) is 53.0 Å². The summed E-state index contributed by atoms with van der Waals surface area (Å²) in [5, 5.41) is 10.1. The average Bonchev–Trinajstić information content (AvgIpc) is 3.22. The van der Waals surface area contributed by atoms with Crippen LogP contribution in [0.1, 0.15) is 18.4 Å². The third-order valence-corrected chi connectivity index (χ3v) is 7.26. The summed E-state index contributed by atoms with van der Waals surface area (Å²) in [6.45, 7) is 3.69. The molecule has 5 nitrogen and oxygen atoms in total. The monoisotopic (exact) mass is 509 g/mol. The fourth-order valence-electron chi connectivity index (χ4n) is 4.42. The average molecular weight is 511 g/mol. The number of nitrogens with zero attached hydrogens (tertiary/aromatic N) is 4. The lowest BCUT2D eigenvalue weighted by Crippen LogP contribution is -2.35. The van der Waals surface area contributed by atoms with E-state index in [0.717, 1.165) is 71.7 Å². The molecule has 0 saturated carbocycles. The van der Waals surface area contributed by atoms with E-state index in [1.54, 1.807) is 10.7 Å². The van der Waals surface area contributed by atoms with Crippen LogP contribution in [0.15, 0.2) is 54.7 Å². The van der Waals surface area contributed by atoms with Crippen molar-refractivity contribution in [2.75, 3.05) is 25.0 Å². The minimum absolute atomic E-state index is 0.532. The third kappa shape index (κ3) is 5.06. The van der Waals surface area contributed by atoms with E-state index in [0.29, 0.717) is 22.1 Å². The number of fused-ring (bicyclic) bond motifs is 1. The smallest absolute Gasteiger partial charge is 0.150 e. The molecule has 172 valence electrons. The first-order chi connectivity index (χ1) is 16.5. The molecule has 0 bridgehead atoms. The van der Waals surface area contributed by atoms with Crippen LogP contribution in [-0.2, 0) is 6.54 Å². The zero-order chi connectivity index (χ0) is 23.7. The second kappa shape index (κ2) is 10.2. The van der Waals surface area contributed by atoms with Crippen molar-refractivity contribution in [3.05, 3.63) is 75.4 Å². The van der Waals surface area contributed by atoms with Gasteiger partial charge in [0.25, 0.3) is 0 Å². The molecule has 2 radical (unpaired) electrons. The topological polar surface area (TPSA) is 45.5 Å². The number of piperidine rings is 1. The van der Waals surface area contributed by atoms with Crippen LogP contribution in [0.5, 0.6) is 0 Å². The molecule has 0 amide bonds. The van der Waals surface area contributed by atoms with Crippen LogP contribution in [-0.4, -0.2) is 47.0 Å². The number of likely N-dealkylation sites (tertiary alicyclic amines) is 1. The van der Waals surface area contributed by atoms with Crippen LogP contribution < -0.4 is 10.8 Å². The Morgan fingerprint density at radius 3 is 2.59 bits per heavy atom. The highest BCUT2D eigenvalue weighted by Crippen LogP contribution is 2.29. The summed E-state index contributed by atoms with van der Waals surface area (Å²) in [6, 6.07) is 15.3. The molecular formula is C25H23BCl3N5. The lowest BCUT2D eigenvalue weighted by Gasteiger charge is -2.32. The fraction of sp³-hybridized carbons (Fsp3) is 0.280. The van der Waals surface area contributed by atoms with E-state index in [1.165, 1.54) is 0 Å². The van der Waals surface area contributed by atoms with Crippen molar-refractivity contribution >= 4 is 59.6 Å². The summed E-state index contributed by atoms with van der Waals surface area (Å²) in [7, 11) is 6.14. The standard InChI is InChI=1S/C25H23BCl3N5/c26-20-14-31-34-24(12-23(32-25(20)34)19-3-1-2-4-22(19)29)30-13-16-7-9-33(10-8-16)15-17-11-18(27)5-6-21(17)28/h1-6,11-12,14,16,30H,7-10,13,15H2. The molecule has 9 heteroatoms. The number of rotatable bonds is 6. The van der Waals surface area contributed by atoms with E-state index < -0.39 is 0 Å². The summed E-state index contributed by atoms with van der Waals surface area (Å²) < 4.78 is 1.76. The highest BCUT2D eigenvalue weighted by Gasteiger charge is 2.21. The molecule has 0 atom stereocenters. The molecule has 0 spiro atoms. The number of benzene rings is 2.